The number of pyridine rings is 1. The molecule has 0 atom stereocenters. The molecular weight excluding hydrogens is 527 g/mol. The summed E-state index contributed by atoms with van der Waals surface area (Å²) in [4.78, 5) is 12.9. The van der Waals surface area contributed by atoms with Crippen molar-refractivity contribution >= 4 is 29.9 Å². The van der Waals surface area contributed by atoms with Crippen LogP contribution in [-0.4, -0.2) is 27.5 Å². The summed E-state index contributed by atoms with van der Waals surface area (Å²) in [5, 5.41) is 6.69. The lowest BCUT2D eigenvalue weighted by Crippen LogP contribution is -2.36. The first-order valence-electron chi connectivity index (χ1n) is 10.4. The maximum atomic E-state index is 6.11. The van der Waals surface area contributed by atoms with Gasteiger partial charge in [-0.15, -0.1) is 24.0 Å². The molecule has 33 heavy (non-hydrogen) atoms. The van der Waals surface area contributed by atoms with Gasteiger partial charge in [-0.1, -0.05) is 36.4 Å². The fourth-order valence-electron chi connectivity index (χ4n) is 3.17. The van der Waals surface area contributed by atoms with E-state index in [1.807, 2.05) is 65.5 Å². The number of rotatable bonds is 7. The number of hydrogen-bond acceptors (Lipinski definition) is 4. The minimum atomic E-state index is 0. The molecule has 170 valence electrons. The van der Waals surface area contributed by atoms with Crippen molar-refractivity contribution in [2.24, 2.45) is 4.99 Å². The Hall–Kier alpha value is -3.40. The van der Waals surface area contributed by atoms with Crippen molar-refractivity contribution in [3.63, 3.8) is 0 Å². The molecule has 4 rings (SSSR count). The zero-order valence-corrected chi connectivity index (χ0v) is 20.9. The Morgan fingerprint density at radius 3 is 2.55 bits per heavy atom. The van der Waals surface area contributed by atoms with Gasteiger partial charge in [0.25, 0.3) is 0 Å². The van der Waals surface area contributed by atoms with Crippen LogP contribution in [0.25, 0.3) is 5.82 Å². The van der Waals surface area contributed by atoms with E-state index in [2.05, 4.69) is 44.7 Å². The first kappa shape index (κ1) is 24.2. The van der Waals surface area contributed by atoms with Crippen molar-refractivity contribution in [1.29, 1.82) is 0 Å². The number of nitrogens with one attached hydrogen (secondary N) is 2. The summed E-state index contributed by atoms with van der Waals surface area (Å²) in [6.45, 7) is 3.25. The summed E-state index contributed by atoms with van der Waals surface area (Å²) in [5.74, 6) is 3.18. The second-order valence-electron chi connectivity index (χ2n) is 7.30. The van der Waals surface area contributed by atoms with Crippen molar-refractivity contribution in [3.05, 3.63) is 102 Å². The molecule has 0 radical (unpaired) electrons. The summed E-state index contributed by atoms with van der Waals surface area (Å²) < 4.78 is 7.98. The van der Waals surface area contributed by atoms with Crippen LogP contribution in [0.15, 0.2) is 90.6 Å². The van der Waals surface area contributed by atoms with E-state index in [0.29, 0.717) is 19.0 Å². The number of halogens is 1. The topological polar surface area (TPSA) is 76.4 Å². The first-order chi connectivity index (χ1) is 15.7. The second-order valence-corrected chi connectivity index (χ2v) is 7.30. The molecule has 2 aromatic carbocycles. The number of guanidine groups is 1. The maximum Gasteiger partial charge on any atom is 0.191 e. The van der Waals surface area contributed by atoms with Gasteiger partial charge in [-0.2, -0.15) is 0 Å². The van der Waals surface area contributed by atoms with Crippen LogP contribution >= 0.6 is 24.0 Å². The Balaban J connectivity index is 0.00000306. The molecule has 7 nitrogen and oxygen atoms in total. The van der Waals surface area contributed by atoms with E-state index in [1.54, 1.807) is 19.6 Å². The third-order valence-electron chi connectivity index (χ3n) is 4.90. The van der Waals surface area contributed by atoms with Crippen molar-refractivity contribution in [2.75, 3.05) is 7.05 Å². The number of aromatic nitrogens is 3. The van der Waals surface area contributed by atoms with Crippen molar-refractivity contribution in [2.45, 2.75) is 20.0 Å². The van der Waals surface area contributed by atoms with Crippen LogP contribution < -0.4 is 15.4 Å². The smallest absolute Gasteiger partial charge is 0.191 e. The van der Waals surface area contributed by atoms with Crippen molar-refractivity contribution < 1.29 is 4.74 Å². The molecule has 0 aliphatic heterocycles. The summed E-state index contributed by atoms with van der Waals surface area (Å²) in [6, 6.07) is 20.0. The van der Waals surface area contributed by atoms with Crippen LogP contribution in [-0.2, 0) is 13.1 Å². The fraction of sp³-hybridized carbons (Fsp3) is 0.160. The molecular formula is C25H27IN6O. The molecule has 0 spiro atoms. The van der Waals surface area contributed by atoms with Gasteiger partial charge in [-0.05, 0) is 42.3 Å². The highest BCUT2D eigenvalue weighted by molar-refractivity contribution is 14.0. The van der Waals surface area contributed by atoms with E-state index < -0.39 is 0 Å². The third-order valence-corrected chi connectivity index (χ3v) is 4.90. The van der Waals surface area contributed by atoms with Crippen LogP contribution in [0.2, 0.25) is 0 Å². The summed E-state index contributed by atoms with van der Waals surface area (Å²) >= 11 is 0. The molecule has 0 unspecified atom stereocenters. The minimum absolute atomic E-state index is 0. The number of benzene rings is 2. The monoisotopic (exact) mass is 554 g/mol. The highest BCUT2D eigenvalue weighted by Crippen LogP contribution is 2.26. The molecule has 0 amide bonds. The molecule has 2 aromatic heterocycles. The van der Waals surface area contributed by atoms with E-state index >= 15 is 0 Å². The van der Waals surface area contributed by atoms with Gasteiger partial charge in [0.05, 0.1) is 0 Å². The van der Waals surface area contributed by atoms with Gasteiger partial charge >= 0.3 is 0 Å². The quantitative estimate of drug-likeness (QED) is 0.194. The van der Waals surface area contributed by atoms with Gasteiger partial charge in [-0.3, -0.25) is 9.56 Å². The Morgan fingerprint density at radius 1 is 1.03 bits per heavy atom. The van der Waals surface area contributed by atoms with E-state index in [-0.39, 0.29) is 24.0 Å². The van der Waals surface area contributed by atoms with Gasteiger partial charge < -0.3 is 15.4 Å². The number of aliphatic imine (C=N–C) groups is 1. The van der Waals surface area contributed by atoms with E-state index in [9.17, 15) is 0 Å². The zero-order chi connectivity index (χ0) is 22.2. The Labute approximate surface area is 211 Å². The standard InChI is InChI=1S/C25H26N6O.HI/c1-19-8-10-21(23(14-19)32-22-6-4-3-5-7-22)17-30-25(26-2)29-16-20-9-11-24(28-15-20)31-13-12-27-18-31;/h3-15,18H,16-17H2,1-2H3,(H2,26,29,30);1H. The van der Waals surface area contributed by atoms with Gasteiger partial charge in [-0.25, -0.2) is 9.97 Å². The molecule has 2 N–H and O–H groups in total. The van der Waals surface area contributed by atoms with Crippen molar-refractivity contribution in [3.8, 4) is 17.3 Å². The van der Waals surface area contributed by atoms with E-state index in [4.69, 9.17) is 4.74 Å². The Kier molecular flexibility index (Phi) is 8.82. The number of ether oxygens (including phenoxy) is 1. The summed E-state index contributed by atoms with van der Waals surface area (Å²) in [6.07, 6.45) is 7.18. The zero-order valence-electron chi connectivity index (χ0n) is 18.6. The van der Waals surface area contributed by atoms with Crippen LogP contribution in [0.3, 0.4) is 0 Å². The third kappa shape index (κ3) is 6.79. The van der Waals surface area contributed by atoms with Gasteiger partial charge in [0, 0.05) is 44.3 Å². The lowest BCUT2D eigenvalue weighted by Gasteiger charge is -2.15. The number of nitrogens with zero attached hydrogens (tertiary/aromatic N) is 4. The maximum absolute atomic E-state index is 6.11. The number of hydrogen-bond donors (Lipinski definition) is 2. The summed E-state index contributed by atoms with van der Waals surface area (Å²) in [5.41, 5.74) is 3.25. The molecule has 4 aromatic rings. The highest BCUT2D eigenvalue weighted by Gasteiger charge is 2.07. The number of imidazole rings is 1. The fourth-order valence-corrected chi connectivity index (χ4v) is 3.17. The second kappa shape index (κ2) is 12.0. The lowest BCUT2D eigenvalue weighted by molar-refractivity contribution is 0.474. The van der Waals surface area contributed by atoms with Gasteiger partial charge in [0.2, 0.25) is 0 Å². The molecule has 0 aliphatic rings. The number of aryl methyl sites for hydroxylation is 1. The lowest BCUT2D eigenvalue weighted by atomic mass is 10.1. The molecule has 2 heterocycles. The largest absolute Gasteiger partial charge is 0.457 e. The van der Waals surface area contributed by atoms with Gasteiger partial charge in [0.1, 0.15) is 23.6 Å². The highest BCUT2D eigenvalue weighted by atomic mass is 127. The number of para-hydroxylation sites is 1. The molecule has 8 heteroatoms. The van der Waals surface area contributed by atoms with Crippen molar-refractivity contribution in [1.82, 2.24) is 25.2 Å². The predicted molar refractivity (Wildman–Crippen MR) is 142 cm³/mol. The van der Waals surface area contributed by atoms with Crippen LogP contribution in [0, 0.1) is 6.92 Å². The molecule has 0 fully saturated rings. The minimum Gasteiger partial charge on any atom is -0.457 e. The molecule has 0 saturated carbocycles. The van der Waals surface area contributed by atoms with Crippen LogP contribution in [0.5, 0.6) is 11.5 Å². The van der Waals surface area contributed by atoms with Crippen LogP contribution in [0.1, 0.15) is 16.7 Å². The average Bonchev–Trinajstić information content (AvgIpc) is 3.36. The normalized spacial score (nSPS) is 10.9. The summed E-state index contributed by atoms with van der Waals surface area (Å²) in [7, 11) is 1.76. The first-order valence-corrected chi connectivity index (χ1v) is 10.4. The van der Waals surface area contributed by atoms with Gasteiger partial charge in [0.15, 0.2) is 5.96 Å². The SMILES string of the molecule is CN=C(NCc1ccc(-n2ccnc2)nc1)NCc1ccc(C)cc1Oc1ccccc1.I. The Morgan fingerprint density at radius 2 is 1.85 bits per heavy atom. The molecule has 0 saturated heterocycles. The van der Waals surface area contributed by atoms with E-state index in [0.717, 1.165) is 34.0 Å². The molecule has 0 aliphatic carbocycles. The Bertz CT molecular complexity index is 1160. The van der Waals surface area contributed by atoms with E-state index in [1.165, 1.54) is 0 Å². The van der Waals surface area contributed by atoms with Crippen LogP contribution in [0.4, 0.5) is 0 Å². The average molecular weight is 554 g/mol. The predicted octanol–water partition coefficient (Wildman–Crippen LogP) is 4.85. The molecule has 0 bridgehead atoms.